The third-order valence-electron chi connectivity index (χ3n) is 4.31. The van der Waals surface area contributed by atoms with Gasteiger partial charge in [-0.3, -0.25) is 9.69 Å². The maximum atomic E-state index is 12.6. The van der Waals surface area contributed by atoms with Crippen molar-refractivity contribution in [1.29, 1.82) is 0 Å². The Morgan fingerprint density at radius 2 is 1.86 bits per heavy atom. The van der Waals surface area contributed by atoms with E-state index in [1.165, 1.54) is 0 Å². The first-order chi connectivity index (χ1) is 14.0. The molecule has 1 heterocycles. The molecule has 152 valence electrons. The van der Waals surface area contributed by atoms with Gasteiger partial charge in [-0.25, -0.2) is 0 Å². The largest absolute Gasteiger partial charge is 0.490 e. The average Bonchev–Trinajstić information content (AvgIpc) is 2.98. The van der Waals surface area contributed by atoms with Crippen LogP contribution in [-0.2, 0) is 11.4 Å². The van der Waals surface area contributed by atoms with Crippen molar-refractivity contribution in [2.75, 3.05) is 13.2 Å². The molecule has 0 aromatic heterocycles. The lowest BCUT2D eigenvalue weighted by molar-refractivity contribution is -0.122. The molecule has 1 N–H and O–H groups in total. The summed E-state index contributed by atoms with van der Waals surface area (Å²) in [5.74, 6) is 1.14. The van der Waals surface area contributed by atoms with E-state index in [-0.39, 0.29) is 5.91 Å². The monoisotopic (exact) mass is 474 g/mol. The van der Waals surface area contributed by atoms with E-state index >= 15 is 0 Å². The van der Waals surface area contributed by atoms with Gasteiger partial charge in [0.2, 0.25) is 0 Å². The molecule has 29 heavy (non-hydrogen) atoms. The number of hydrogen-bond acceptors (Lipinski definition) is 4. The third kappa shape index (κ3) is 5.16. The first kappa shape index (κ1) is 21.3. The molecule has 1 saturated heterocycles. The van der Waals surface area contributed by atoms with Crippen LogP contribution < -0.4 is 14.8 Å². The molecule has 7 heteroatoms. The van der Waals surface area contributed by atoms with Crippen LogP contribution in [0.5, 0.6) is 11.5 Å². The van der Waals surface area contributed by atoms with Crippen molar-refractivity contribution in [2.45, 2.75) is 26.9 Å². The smallest absolute Gasteiger partial charge is 0.276 e. The summed E-state index contributed by atoms with van der Waals surface area (Å²) in [5, 5.41) is 3.44. The number of halogens is 1. The minimum atomic E-state index is -0.119. The number of carbonyl (C=O) groups is 1. The van der Waals surface area contributed by atoms with E-state index in [1.54, 1.807) is 11.0 Å². The van der Waals surface area contributed by atoms with Gasteiger partial charge in [0, 0.05) is 11.0 Å². The summed E-state index contributed by atoms with van der Waals surface area (Å²) in [6.45, 7) is 5.47. The van der Waals surface area contributed by atoms with E-state index in [1.807, 2.05) is 56.3 Å². The molecule has 1 aliphatic heterocycles. The van der Waals surface area contributed by atoms with Crippen LogP contribution in [0.3, 0.4) is 0 Å². The summed E-state index contributed by atoms with van der Waals surface area (Å²) in [5.41, 5.74) is 2.32. The number of nitrogens with one attached hydrogen (secondary N) is 1. The Balaban J connectivity index is 1.86. The van der Waals surface area contributed by atoms with E-state index in [4.69, 9.17) is 21.7 Å². The number of thiocarbonyl (C=S) groups is 1. The fourth-order valence-corrected chi connectivity index (χ4v) is 3.65. The molecule has 0 aliphatic carbocycles. The summed E-state index contributed by atoms with van der Waals surface area (Å²) in [4.78, 5) is 14.2. The van der Waals surface area contributed by atoms with Crippen LogP contribution in [0.15, 0.2) is 52.6 Å². The van der Waals surface area contributed by atoms with Crippen molar-refractivity contribution in [2.24, 2.45) is 0 Å². The number of nitrogens with zero attached hydrogens (tertiary/aromatic N) is 1. The fourth-order valence-electron chi connectivity index (χ4n) is 2.93. The molecule has 1 amide bonds. The zero-order valence-corrected chi connectivity index (χ0v) is 18.8. The number of rotatable bonds is 8. The molecule has 3 rings (SSSR count). The maximum Gasteiger partial charge on any atom is 0.276 e. The zero-order valence-electron chi connectivity index (χ0n) is 16.4. The van der Waals surface area contributed by atoms with E-state index in [0.717, 1.165) is 22.0 Å². The molecule has 2 aromatic rings. The molecule has 1 fully saturated rings. The maximum absolute atomic E-state index is 12.6. The number of benzene rings is 2. The van der Waals surface area contributed by atoms with Crippen LogP contribution in [0.4, 0.5) is 0 Å². The Labute approximate surface area is 184 Å². The van der Waals surface area contributed by atoms with Crippen molar-refractivity contribution >= 4 is 45.2 Å². The van der Waals surface area contributed by atoms with Crippen LogP contribution in [-0.4, -0.2) is 29.1 Å². The van der Waals surface area contributed by atoms with Crippen molar-refractivity contribution < 1.29 is 14.3 Å². The minimum Gasteiger partial charge on any atom is -0.490 e. The highest BCUT2D eigenvalue weighted by Gasteiger charge is 2.30. The molecule has 1 aliphatic rings. The summed E-state index contributed by atoms with van der Waals surface area (Å²) in [6.07, 6.45) is 2.62. The van der Waals surface area contributed by atoms with Crippen LogP contribution in [0.1, 0.15) is 31.4 Å². The third-order valence-corrected chi connectivity index (χ3v) is 5.32. The topological polar surface area (TPSA) is 50.8 Å². The van der Waals surface area contributed by atoms with Gasteiger partial charge >= 0.3 is 0 Å². The molecular weight excluding hydrogens is 452 g/mol. The fraction of sp³-hybridized carbons (Fsp3) is 0.273. The molecule has 0 unspecified atom stereocenters. The minimum absolute atomic E-state index is 0.119. The first-order valence-electron chi connectivity index (χ1n) is 9.51. The van der Waals surface area contributed by atoms with E-state index in [2.05, 4.69) is 21.2 Å². The summed E-state index contributed by atoms with van der Waals surface area (Å²) >= 11 is 8.86. The second-order valence-corrected chi connectivity index (χ2v) is 7.71. The summed E-state index contributed by atoms with van der Waals surface area (Å²) in [7, 11) is 0. The van der Waals surface area contributed by atoms with Crippen LogP contribution in [0, 0.1) is 0 Å². The van der Waals surface area contributed by atoms with E-state index in [9.17, 15) is 4.79 Å². The lowest BCUT2D eigenvalue weighted by Gasteiger charge is -2.14. The van der Waals surface area contributed by atoms with E-state index in [0.29, 0.717) is 42.1 Å². The average molecular weight is 475 g/mol. The quantitative estimate of drug-likeness (QED) is 0.435. The highest BCUT2D eigenvalue weighted by molar-refractivity contribution is 9.10. The van der Waals surface area contributed by atoms with Crippen LogP contribution >= 0.6 is 28.1 Å². The Hall–Kier alpha value is -2.38. The number of amides is 1. The molecule has 0 atom stereocenters. The predicted octanol–water partition coefficient (Wildman–Crippen LogP) is 4.89. The van der Waals surface area contributed by atoms with Crippen LogP contribution in [0.2, 0.25) is 0 Å². The van der Waals surface area contributed by atoms with Crippen molar-refractivity contribution in [3.8, 4) is 11.5 Å². The lowest BCUT2D eigenvalue weighted by Crippen LogP contribution is -2.31. The second-order valence-electron chi connectivity index (χ2n) is 6.47. The Bertz CT molecular complexity index is 931. The Morgan fingerprint density at radius 3 is 2.55 bits per heavy atom. The number of ether oxygens (including phenoxy) is 2. The second kappa shape index (κ2) is 9.89. The number of carbonyl (C=O) groups excluding carboxylic acids is 1. The molecule has 0 spiro atoms. The lowest BCUT2D eigenvalue weighted by atomic mass is 10.1. The molecule has 0 radical (unpaired) electrons. The van der Waals surface area contributed by atoms with Gasteiger partial charge in [0.25, 0.3) is 5.91 Å². The van der Waals surface area contributed by atoms with Gasteiger partial charge in [0.15, 0.2) is 16.6 Å². The highest BCUT2D eigenvalue weighted by atomic mass is 79.9. The van der Waals surface area contributed by atoms with E-state index < -0.39 is 0 Å². The zero-order chi connectivity index (χ0) is 20.8. The first-order valence-corrected chi connectivity index (χ1v) is 10.7. The Morgan fingerprint density at radius 1 is 1.14 bits per heavy atom. The Kier molecular flexibility index (Phi) is 7.28. The van der Waals surface area contributed by atoms with Gasteiger partial charge < -0.3 is 14.8 Å². The summed E-state index contributed by atoms with van der Waals surface area (Å²) in [6, 6.07) is 13.7. The van der Waals surface area contributed by atoms with Gasteiger partial charge in [0.1, 0.15) is 12.3 Å². The van der Waals surface area contributed by atoms with Gasteiger partial charge in [-0.05, 0) is 54.9 Å². The van der Waals surface area contributed by atoms with Gasteiger partial charge in [0.05, 0.1) is 6.61 Å². The number of hydrogen-bond donors (Lipinski definition) is 1. The van der Waals surface area contributed by atoms with Gasteiger partial charge in [-0.15, -0.1) is 0 Å². The molecule has 5 nitrogen and oxygen atoms in total. The van der Waals surface area contributed by atoms with Gasteiger partial charge in [-0.1, -0.05) is 53.2 Å². The summed E-state index contributed by atoms with van der Waals surface area (Å²) < 4.78 is 12.6. The van der Waals surface area contributed by atoms with Crippen LogP contribution in [0.25, 0.3) is 6.08 Å². The molecule has 2 aromatic carbocycles. The molecule has 0 saturated carbocycles. The highest BCUT2D eigenvalue weighted by Crippen LogP contribution is 2.35. The molecular formula is C22H23BrN2O3S. The van der Waals surface area contributed by atoms with Crippen molar-refractivity contribution in [1.82, 2.24) is 10.2 Å². The predicted molar refractivity (Wildman–Crippen MR) is 122 cm³/mol. The van der Waals surface area contributed by atoms with Crippen molar-refractivity contribution in [3.05, 3.63) is 63.8 Å². The molecule has 0 bridgehead atoms. The normalized spacial score (nSPS) is 15.0. The van der Waals surface area contributed by atoms with Gasteiger partial charge in [-0.2, -0.15) is 0 Å². The SMILES string of the molecule is CCCN1C(=O)C(=Cc2cc(OCC)c(OCc3ccccc3)cc2Br)NC1=S. The van der Waals surface area contributed by atoms with Crippen molar-refractivity contribution in [3.63, 3.8) is 0 Å². The standard InChI is InChI=1S/C22H23BrN2O3S/c1-3-10-25-21(26)18(24-22(25)29)11-16-12-19(27-4-2)20(13-17(16)23)28-14-15-8-6-5-7-9-15/h5-9,11-13H,3-4,10,14H2,1-2H3,(H,24,29).